The normalized spacial score (nSPS) is 12.4. The Labute approximate surface area is 132 Å². The van der Waals surface area contributed by atoms with Crippen LogP contribution in [-0.2, 0) is 21.3 Å². The van der Waals surface area contributed by atoms with Crippen molar-refractivity contribution >= 4 is 16.0 Å². The van der Waals surface area contributed by atoms with Crippen molar-refractivity contribution in [2.75, 3.05) is 26.8 Å². The van der Waals surface area contributed by atoms with Crippen LogP contribution in [-0.4, -0.2) is 41.2 Å². The zero-order valence-electron chi connectivity index (χ0n) is 13.0. The molecule has 0 bridgehead atoms. The molecule has 0 saturated heterocycles. The Balaban J connectivity index is 2.62. The number of sulfonamides is 1. The predicted molar refractivity (Wildman–Crippen MR) is 87.1 cm³/mol. The van der Waals surface area contributed by atoms with Gasteiger partial charge in [-0.1, -0.05) is 19.1 Å². The van der Waals surface area contributed by atoms with E-state index in [0.29, 0.717) is 19.1 Å². The third-order valence-corrected chi connectivity index (χ3v) is 4.30. The number of benzene rings is 1. The molecular weight excluding hydrogens is 304 g/mol. The smallest absolute Gasteiger partial charge is 0.240 e. The fourth-order valence-electron chi connectivity index (χ4n) is 1.62. The summed E-state index contributed by atoms with van der Waals surface area (Å²) in [5, 5.41) is 2.98. The van der Waals surface area contributed by atoms with Gasteiger partial charge in [0.2, 0.25) is 10.0 Å². The first-order chi connectivity index (χ1) is 10.5. The summed E-state index contributed by atoms with van der Waals surface area (Å²) in [4.78, 5) is 4.40. The number of guanidine groups is 1. The van der Waals surface area contributed by atoms with E-state index in [9.17, 15) is 8.42 Å². The number of rotatable bonds is 9. The van der Waals surface area contributed by atoms with E-state index in [-0.39, 0.29) is 11.4 Å². The van der Waals surface area contributed by atoms with Crippen molar-refractivity contribution in [3.63, 3.8) is 0 Å². The Morgan fingerprint density at radius 1 is 1.27 bits per heavy atom. The zero-order chi connectivity index (χ0) is 16.4. The molecule has 0 saturated carbocycles. The van der Waals surface area contributed by atoms with E-state index >= 15 is 0 Å². The molecule has 1 aromatic carbocycles. The Bertz CT molecular complexity index is 570. The van der Waals surface area contributed by atoms with Crippen LogP contribution in [0.4, 0.5) is 0 Å². The Morgan fingerprint density at radius 2 is 1.95 bits per heavy atom. The summed E-state index contributed by atoms with van der Waals surface area (Å²) in [5.41, 5.74) is 6.58. The molecule has 0 atom stereocenters. The number of methoxy groups -OCH3 is 1. The Morgan fingerprint density at radius 3 is 2.55 bits per heavy atom. The van der Waals surface area contributed by atoms with E-state index in [1.165, 1.54) is 7.11 Å². The molecule has 0 aliphatic heterocycles. The fraction of sp³-hybridized carbons (Fsp3) is 0.500. The van der Waals surface area contributed by atoms with Gasteiger partial charge in [0.1, 0.15) is 0 Å². The molecule has 0 unspecified atom stereocenters. The highest BCUT2D eigenvalue weighted by molar-refractivity contribution is 7.89. The lowest BCUT2D eigenvalue weighted by molar-refractivity contribution is 0.204. The third-order valence-electron chi connectivity index (χ3n) is 2.82. The maximum atomic E-state index is 12.0. The number of hydrogen-bond acceptors (Lipinski definition) is 4. The second-order valence-corrected chi connectivity index (χ2v) is 6.43. The van der Waals surface area contributed by atoms with Crippen LogP contribution >= 0.6 is 0 Å². The van der Waals surface area contributed by atoms with E-state index in [2.05, 4.69) is 15.0 Å². The zero-order valence-corrected chi connectivity index (χ0v) is 13.8. The third kappa shape index (κ3) is 6.42. The average Bonchev–Trinajstić information content (AvgIpc) is 2.51. The number of nitrogens with one attached hydrogen (secondary N) is 2. The lowest BCUT2D eigenvalue weighted by Gasteiger charge is -2.07. The summed E-state index contributed by atoms with van der Waals surface area (Å²) in [6.07, 6.45) is 0.971. The summed E-state index contributed by atoms with van der Waals surface area (Å²) < 4.78 is 31.2. The molecule has 0 aliphatic carbocycles. The van der Waals surface area contributed by atoms with Crippen LogP contribution in [0.1, 0.15) is 18.9 Å². The maximum Gasteiger partial charge on any atom is 0.240 e. The molecule has 124 valence electrons. The highest BCUT2D eigenvalue weighted by Crippen LogP contribution is 2.11. The van der Waals surface area contributed by atoms with Gasteiger partial charge in [0, 0.05) is 20.2 Å². The molecule has 0 heterocycles. The summed E-state index contributed by atoms with van der Waals surface area (Å²) in [6.45, 7) is 3.79. The van der Waals surface area contributed by atoms with Crippen LogP contribution < -0.4 is 15.8 Å². The SMILES string of the molecule is CCCNC(N)=NCc1ccc(S(=O)(=O)NCCOC)cc1. The largest absolute Gasteiger partial charge is 0.383 e. The highest BCUT2D eigenvalue weighted by atomic mass is 32.2. The number of nitrogens with zero attached hydrogens (tertiary/aromatic N) is 1. The van der Waals surface area contributed by atoms with Crippen LogP contribution in [0.5, 0.6) is 0 Å². The van der Waals surface area contributed by atoms with Gasteiger partial charge in [-0.3, -0.25) is 0 Å². The summed E-state index contributed by atoms with van der Waals surface area (Å²) in [7, 11) is -1.98. The van der Waals surface area contributed by atoms with Gasteiger partial charge in [-0.2, -0.15) is 0 Å². The van der Waals surface area contributed by atoms with Crippen LogP contribution in [0.2, 0.25) is 0 Å². The topological polar surface area (TPSA) is 106 Å². The van der Waals surface area contributed by atoms with Gasteiger partial charge in [-0.05, 0) is 24.1 Å². The van der Waals surface area contributed by atoms with Crippen molar-refractivity contribution in [1.29, 1.82) is 0 Å². The maximum absolute atomic E-state index is 12.0. The monoisotopic (exact) mass is 328 g/mol. The summed E-state index contributed by atoms with van der Waals surface area (Å²) >= 11 is 0. The first-order valence-corrected chi connectivity index (χ1v) is 8.59. The van der Waals surface area contributed by atoms with E-state index < -0.39 is 10.0 Å². The molecule has 7 nitrogen and oxygen atoms in total. The highest BCUT2D eigenvalue weighted by Gasteiger charge is 2.12. The first kappa shape index (κ1) is 18.4. The fourth-order valence-corrected chi connectivity index (χ4v) is 2.63. The average molecular weight is 328 g/mol. The van der Waals surface area contributed by atoms with Gasteiger partial charge in [0.25, 0.3) is 0 Å². The first-order valence-electron chi connectivity index (χ1n) is 7.11. The standard InChI is InChI=1S/C14H24N4O3S/c1-3-8-16-14(15)17-11-12-4-6-13(7-5-12)22(19,20)18-9-10-21-2/h4-7,18H,3,8-11H2,1-2H3,(H3,15,16,17). The number of aliphatic imine (C=N–C) groups is 1. The summed E-state index contributed by atoms with van der Waals surface area (Å²) in [6, 6.07) is 6.55. The number of nitrogens with two attached hydrogens (primary N) is 1. The second-order valence-electron chi connectivity index (χ2n) is 4.66. The molecule has 0 radical (unpaired) electrons. The molecular formula is C14H24N4O3S. The lowest BCUT2D eigenvalue weighted by atomic mass is 10.2. The lowest BCUT2D eigenvalue weighted by Crippen LogP contribution is -2.32. The van der Waals surface area contributed by atoms with Gasteiger partial charge in [-0.15, -0.1) is 0 Å². The van der Waals surface area contributed by atoms with Crippen molar-refractivity contribution in [3.8, 4) is 0 Å². The number of ether oxygens (including phenoxy) is 1. The molecule has 0 aliphatic rings. The molecule has 0 amide bonds. The van der Waals surface area contributed by atoms with Crippen LogP contribution in [0.25, 0.3) is 0 Å². The van der Waals surface area contributed by atoms with Gasteiger partial charge >= 0.3 is 0 Å². The second kappa shape index (κ2) is 9.39. The minimum absolute atomic E-state index is 0.216. The minimum atomic E-state index is -3.50. The molecule has 0 aromatic heterocycles. The van der Waals surface area contributed by atoms with E-state index in [0.717, 1.165) is 18.5 Å². The van der Waals surface area contributed by atoms with E-state index in [1.54, 1.807) is 24.3 Å². The van der Waals surface area contributed by atoms with Crippen molar-refractivity contribution in [2.24, 2.45) is 10.7 Å². The van der Waals surface area contributed by atoms with Gasteiger partial charge < -0.3 is 15.8 Å². The molecule has 0 spiro atoms. The number of hydrogen-bond donors (Lipinski definition) is 3. The van der Waals surface area contributed by atoms with Gasteiger partial charge in [0.05, 0.1) is 18.0 Å². The van der Waals surface area contributed by atoms with Gasteiger partial charge in [-0.25, -0.2) is 18.1 Å². The Kier molecular flexibility index (Phi) is 7.86. The summed E-state index contributed by atoms with van der Waals surface area (Å²) in [5.74, 6) is 0.389. The van der Waals surface area contributed by atoms with Crippen LogP contribution in [0.15, 0.2) is 34.2 Å². The van der Waals surface area contributed by atoms with Crippen molar-refractivity contribution in [3.05, 3.63) is 29.8 Å². The Hall–Kier alpha value is -1.64. The van der Waals surface area contributed by atoms with E-state index in [1.807, 2.05) is 6.92 Å². The van der Waals surface area contributed by atoms with Crippen LogP contribution in [0.3, 0.4) is 0 Å². The van der Waals surface area contributed by atoms with Gasteiger partial charge in [0.15, 0.2) is 5.96 Å². The molecule has 8 heteroatoms. The molecule has 4 N–H and O–H groups in total. The quantitative estimate of drug-likeness (QED) is 0.346. The predicted octanol–water partition coefficient (Wildman–Crippen LogP) is 0.426. The minimum Gasteiger partial charge on any atom is -0.383 e. The molecule has 1 aromatic rings. The van der Waals surface area contributed by atoms with Crippen molar-refractivity contribution in [1.82, 2.24) is 10.0 Å². The molecule has 1 rings (SSSR count). The molecule has 0 fully saturated rings. The van der Waals surface area contributed by atoms with Crippen molar-refractivity contribution in [2.45, 2.75) is 24.8 Å². The molecule has 22 heavy (non-hydrogen) atoms. The van der Waals surface area contributed by atoms with Crippen LogP contribution in [0, 0.1) is 0 Å². The van der Waals surface area contributed by atoms with E-state index in [4.69, 9.17) is 10.5 Å². The van der Waals surface area contributed by atoms with Crippen molar-refractivity contribution < 1.29 is 13.2 Å².